The van der Waals surface area contributed by atoms with Crippen molar-refractivity contribution >= 4 is 5.91 Å². The topological polar surface area (TPSA) is 23.6 Å². The Kier molecular flexibility index (Phi) is 6.04. The molecule has 0 saturated carbocycles. The predicted molar refractivity (Wildman–Crippen MR) is 90.3 cm³/mol. The monoisotopic (exact) mass is 332 g/mol. The molecule has 0 saturated heterocycles. The van der Waals surface area contributed by atoms with Crippen molar-refractivity contribution in [3.8, 4) is 0 Å². The Balaban J connectivity index is 1.95. The van der Waals surface area contributed by atoms with Gasteiger partial charge in [-0.15, -0.1) is 0 Å². The van der Waals surface area contributed by atoms with Gasteiger partial charge in [-0.2, -0.15) is 0 Å². The SMILES string of the molecule is CC(c1ccc(F)cc1)N(C)CC(=O)N(C)Cc1ccccc1F. The molecule has 2 aromatic rings. The molecule has 0 aliphatic heterocycles. The number of carbonyl (C=O) groups is 1. The summed E-state index contributed by atoms with van der Waals surface area (Å²) in [4.78, 5) is 15.7. The smallest absolute Gasteiger partial charge is 0.236 e. The van der Waals surface area contributed by atoms with E-state index in [2.05, 4.69) is 0 Å². The minimum atomic E-state index is -0.315. The lowest BCUT2D eigenvalue weighted by Gasteiger charge is -2.27. The van der Waals surface area contributed by atoms with Gasteiger partial charge < -0.3 is 4.90 Å². The summed E-state index contributed by atoms with van der Waals surface area (Å²) in [6.07, 6.45) is 0. The summed E-state index contributed by atoms with van der Waals surface area (Å²) < 4.78 is 26.7. The minimum absolute atomic E-state index is 0.0311. The van der Waals surface area contributed by atoms with Gasteiger partial charge in [0, 0.05) is 25.2 Å². The van der Waals surface area contributed by atoms with Crippen molar-refractivity contribution in [1.29, 1.82) is 0 Å². The van der Waals surface area contributed by atoms with E-state index in [-0.39, 0.29) is 36.7 Å². The Morgan fingerprint density at radius 2 is 1.67 bits per heavy atom. The van der Waals surface area contributed by atoms with Crippen molar-refractivity contribution < 1.29 is 13.6 Å². The maximum Gasteiger partial charge on any atom is 0.236 e. The lowest BCUT2D eigenvalue weighted by Crippen LogP contribution is -2.37. The number of likely N-dealkylation sites (N-methyl/N-ethyl adjacent to an activating group) is 2. The molecule has 3 nitrogen and oxygen atoms in total. The third-order valence-corrected chi connectivity index (χ3v) is 4.19. The number of hydrogen-bond donors (Lipinski definition) is 0. The molecule has 0 aliphatic carbocycles. The minimum Gasteiger partial charge on any atom is -0.340 e. The number of amides is 1. The number of nitrogens with zero attached hydrogens (tertiary/aromatic N) is 2. The lowest BCUT2D eigenvalue weighted by molar-refractivity contribution is -0.131. The maximum atomic E-state index is 13.7. The first-order valence-electron chi connectivity index (χ1n) is 7.81. The van der Waals surface area contributed by atoms with E-state index in [4.69, 9.17) is 0 Å². The van der Waals surface area contributed by atoms with E-state index in [1.54, 1.807) is 37.4 Å². The molecule has 2 aromatic carbocycles. The molecule has 1 amide bonds. The number of halogens is 2. The second-order valence-electron chi connectivity index (χ2n) is 5.98. The van der Waals surface area contributed by atoms with E-state index >= 15 is 0 Å². The number of carbonyl (C=O) groups excluding carboxylic acids is 1. The fourth-order valence-corrected chi connectivity index (χ4v) is 2.44. The molecule has 0 N–H and O–H groups in total. The van der Waals surface area contributed by atoms with Crippen LogP contribution >= 0.6 is 0 Å². The molecule has 0 heterocycles. The number of rotatable bonds is 6. The van der Waals surface area contributed by atoms with Crippen LogP contribution in [0.25, 0.3) is 0 Å². The zero-order chi connectivity index (χ0) is 17.7. The average molecular weight is 332 g/mol. The highest BCUT2D eigenvalue weighted by Gasteiger charge is 2.18. The fraction of sp³-hybridized carbons (Fsp3) is 0.316. The van der Waals surface area contributed by atoms with Gasteiger partial charge in [-0.1, -0.05) is 30.3 Å². The Morgan fingerprint density at radius 1 is 1.04 bits per heavy atom. The molecule has 1 unspecified atom stereocenters. The molecule has 2 rings (SSSR count). The largest absolute Gasteiger partial charge is 0.340 e. The molecule has 1 atom stereocenters. The van der Waals surface area contributed by atoms with Crippen LogP contribution < -0.4 is 0 Å². The Hall–Kier alpha value is -2.27. The third-order valence-electron chi connectivity index (χ3n) is 4.19. The van der Waals surface area contributed by atoms with E-state index in [1.807, 2.05) is 18.9 Å². The molecule has 128 valence electrons. The summed E-state index contributed by atoms with van der Waals surface area (Å²) >= 11 is 0. The number of benzene rings is 2. The van der Waals surface area contributed by atoms with Crippen LogP contribution in [0.2, 0.25) is 0 Å². The lowest BCUT2D eigenvalue weighted by atomic mass is 10.1. The van der Waals surface area contributed by atoms with Gasteiger partial charge in [0.2, 0.25) is 5.91 Å². The van der Waals surface area contributed by atoms with E-state index in [0.717, 1.165) is 5.56 Å². The average Bonchev–Trinajstić information content (AvgIpc) is 2.56. The number of hydrogen-bond acceptors (Lipinski definition) is 2. The molecular weight excluding hydrogens is 310 g/mol. The first kappa shape index (κ1) is 18.1. The van der Waals surface area contributed by atoms with Crippen LogP contribution in [0, 0.1) is 11.6 Å². The molecule has 0 radical (unpaired) electrons. The van der Waals surface area contributed by atoms with Crippen LogP contribution in [-0.4, -0.2) is 36.3 Å². The van der Waals surface area contributed by atoms with Crippen LogP contribution in [0.5, 0.6) is 0 Å². The fourth-order valence-electron chi connectivity index (χ4n) is 2.44. The standard InChI is InChI=1S/C19H22F2N2O/c1-14(15-8-10-17(20)11-9-15)22(2)13-19(24)23(3)12-16-6-4-5-7-18(16)21/h4-11,14H,12-13H2,1-3H3. The normalized spacial score (nSPS) is 12.2. The second kappa shape index (κ2) is 8.02. The Bertz CT molecular complexity index is 688. The zero-order valence-corrected chi connectivity index (χ0v) is 14.2. The van der Waals surface area contributed by atoms with Crippen LogP contribution in [0.4, 0.5) is 8.78 Å². The van der Waals surface area contributed by atoms with E-state index in [1.165, 1.54) is 23.1 Å². The maximum absolute atomic E-state index is 13.7. The van der Waals surface area contributed by atoms with Crippen LogP contribution in [0.15, 0.2) is 48.5 Å². The highest BCUT2D eigenvalue weighted by molar-refractivity contribution is 5.78. The third kappa shape index (κ3) is 4.61. The van der Waals surface area contributed by atoms with Crippen LogP contribution in [0.1, 0.15) is 24.1 Å². The highest BCUT2D eigenvalue weighted by atomic mass is 19.1. The Labute approximate surface area is 141 Å². The molecule has 0 aromatic heterocycles. The van der Waals surface area contributed by atoms with Crippen molar-refractivity contribution in [2.45, 2.75) is 19.5 Å². The molecule has 0 spiro atoms. The molecular formula is C19H22F2N2O. The van der Waals surface area contributed by atoms with Crippen molar-refractivity contribution in [1.82, 2.24) is 9.80 Å². The van der Waals surface area contributed by atoms with Crippen LogP contribution in [0.3, 0.4) is 0 Å². The summed E-state index contributed by atoms with van der Waals surface area (Å²) in [5, 5.41) is 0. The zero-order valence-electron chi connectivity index (χ0n) is 14.2. The van der Waals surface area contributed by atoms with Crippen molar-refractivity contribution in [3.63, 3.8) is 0 Å². The van der Waals surface area contributed by atoms with Gasteiger partial charge in [0.25, 0.3) is 0 Å². The molecule has 5 heteroatoms. The molecule has 0 fully saturated rings. The van der Waals surface area contributed by atoms with Crippen LogP contribution in [-0.2, 0) is 11.3 Å². The highest BCUT2D eigenvalue weighted by Crippen LogP contribution is 2.19. The van der Waals surface area contributed by atoms with E-state index in [0.29, 0.717) is 5.56 Å². The van der Waals surface area contributed by atoms with Gasteiger partial charge in [-0.25, -0.2) is 8.78 Å². The van der Waals surface area contributed by atoms with Gasteiger partial charge in [-0.3, -0.25) is 9.69 Å². The van der Waals surface area contributed by atoms with Crippen molar-refractivity contribution in [3.05, 3.63) is 71.3 Å². The predicted octanol–water partition coefficient (Wildman–Crippen LogP) is 3.62. The summed E-state index contributed by atoms with van der Waals surface area (Å²) in [6, 6.07) is 12.6. The van der Waals surface area contributed by atoms with Gasteiger partial charge >= 0.3 is 0 Å². The van der Waals surface area contributed by atoms with E-state index < -0.39 is 0 Å². The van der Waals surface area contributed by atoms with Gasteiger partial charge in [0.05, 0.1) is 6.54 Å². The second-order valence-corrected chi connectivity index (χ2v) is 5.98. The summed E-state index contributed by atoms with van der Waals surface area (Å²) in [5.41, 5.74) is 1.42. The molecule has 0 bridgehead atoms. The van der Waals surface area contributed by atoms with Gasteiger partial charge in [0.1, 0.15) is 11.6 Å². The first-order valence-corrected chi connectivity index (χ1v) is 7.81. The first-order chi connectivity index (χ1) is 11.4. The summed E-state index contributed by atoms with van der Waals surface area (Å²) in [6.45, 7) is 2.38. The molecule has 0 aliphatic rings. The quantitative estimate of drug-likeness (QED) is 0.807. The van der Waals surface area contributed by atoms with Crippen molar-refractivity contribution in [2.75, 3.05) is 20.6 Å². The molecule has 24 heavy (non-hydrogen) atoms. The van der Waals surface area contributed by atoms with Gasteiger partial charge in [-0.05, 0) is 37.7 Å². The summed E-state index contributed by atoms with van der Waals surface area (Å²) in [7, 11) is 3.49. The van der Waals surface area contributed by atoms with E-state index in [9.17, 15) is 13.6 Å². The summed E-state index contributed by atoms with van der Waals surface area (Å²) in [5.74, 6) is -0.700. The van der Waals surface area contributed by atoms with Gasteiger partial charge in [0.15, 0.2) is 0 Å². The van der Waals surface area contributed by atoms with Crippen molar-refractivity contribution in [2.24, 2.45) is 0 Å². The Morgan fingerprint density at radius 3 is 2.29 bits per heavy atom.